The van der Waals surface area contributed by atoms with Gasteiger partial charge in [0.2, 0.25) is 0 Å². The predicted octanol–water partition coefficient (Wildman–Crippen LogP) is 1.53. The van der Waals surface area contributed by atoms with E-state index in [1.165, 1.54) is 11.3 Å². The summed E-state index contributed by atoms with van der Waals surface area (Å²) >= 11 is 0. The molecular weight excluding hydrogens is 405 g/mol. The van der Waals surface area contributed by atoms with E-state index < -0.39 is 0 Å². The molecule has 0 aliphatic rings. The monoisotopic (exact) mass is 431 g/mol. The number of guanidine groups is 1. The molecule has 0 spiro atoms. The van der Waals surface area contributed by atoms with E-state index in [4.69, 9.17) is 0 Å². The molecule has 0 saturated heterocycles. The van der Waals surface area contributed by atoms with Crippen LogP contribution in [0.2, 0.25) is 0 Å². The van der Waals surface area contributed by atoms with Crippen molar-refractivity contribution in [1.82, 2.24) is 30.0 Å². The Labute approximate surface area is 154 Å². The molecule has 2 rings (SSSR count). The number of aryl methyl sites for hydroxylation is 3. The van der Waals surface area contributed by atoms with E-state index in [0.29, 0.717) is 0 Å². The first-order chi connectivity index (χ1) is 10.5. The Morgan fingerprint density at radius 2 is 2.00 bits per heavy atom. The predicted molar refractivity (Wildman–Crippen MR) is 103 cm³/mol. The van der Waals surface area contributed by atoms with Crippen LogP contribution in [0.15, 0.2) is 17.4 Å². The molecule has 2 aromatic rings. The summed E-state index contributed by atoms with van der Waals surface area (Å²) in [5, 5.41) is 11.1. The minimum absolute atomic E-state index is 0. The van der Waals surface area contributed by atoms with Gasteiger partial charge in [-0.05, 0) is 20.8 Å². The normalized spacial score (nSPS) is 11.3. The van der Waals surface area contributed by atoms with Crippen molar-refractivity contribution in [3.63, 3.8) is 0 Å². The number of halogens is 1. The zero-order valence-corrected chi connectivity index (χ0v) is 16.8. The quantitative estimate of drug-likeness (QED) is 0.428. The van der Waals surface area contributed by atoms with Gasteiger partial charge in [0.05, 0.1) is 5.69 Å². The van der Waals surface area contributed by atoms with Gasteiger partial charge in [0, 0.05) is 57.4 Å². The van der Waals surface area contributed by atoms with Gasteiger partial charge in [-0.2, -0.15) is 5.10 Å². The number of nitrogens with zero attached hydrogens (tertiary/aromatic N) is 5. The van der Waals surface area contributed by atoms with E-state index >= 15 is 0 Å². The highest BCUT2D eigenvalue weighted by atomic mass is 127. The molecule has 0 atom stereocenters. The number of hydrogen-bond acceptors (Lipinski definition) is 3. The van der Waals surface area contributed by atoms with Crippen molar-refractivity contribution >= 4 is 29.9 Å². The highest BCUT2D eigenvalue weighted by Gasteiger charge is 2.09. The Kier molecular flexibility index (Phi) is 7.53. The molecule has 0 aromatic carbocycles. The van der Waals surface area contributed by atoms with E-state index in [0.717, 1.165) is 37.1 Å². The maximum Gasteiger partial charge on any atom is 0.191 e. The van der Waals surface area contributed by atoms with Gasteiger partial charge in [0.1, 0.15) is 5.82 Å². The van der Waals surface area contributed by atoms with Gasteiger partial charge in [-0.3, -0.25) is 9.67 Å². The summed E-state index contributed by atoms with van der Waals surface area (Å²) in [5.41, 5.74) is 3.45. The van der Waals surface area contributed by atoms with Crippen LogP contribution in [0.1, 0.15) is 22.8 Å². The van der Waals surface area contributed by atoms with E-state index in [1.54, 1.807) is 7.05 Å². The average Bonchev–Trinajstić information content (AvgIpc) is 3.00. The molecule has 8 heteroatoms. The van der Waals surface area contributed by atoms with Crippen molar-refractivity contribution < 1.29 is 0 Å². The second kappa shape index (κ2) is 8.90. The maximum absolute atomic E-state index is 4.43. The molecule has 0 unspecified atom stereocenters. The smallest absolute Gasteiger partial charge is 0.191 e. The third-order valence-corrected chi connectivity index (χ3v) is 3.88. The molecule has 0 aliphatic heterocycles. The van der Waals surface area contributed by atoms with Crippen molar-refractivity contribution in [2.24, 2.45) is 12.0 Å². The second-order valence-electron chi connectivity index (χ2n) is 5.29. The number of aromatic nitrogens is 4. The number of aliphatic imine (C=N–C) groups is 1. The Hall–Kier alpha value is -1.58. The van der Waals surface area contributed by atoms with Crippen molar-refractivity contribution in [2.45, 2.75) is 33.9 Å². The second-order valence-corrected chi connectivity index (χ2v) is 5.29. The molecule has 2 aromatic heterocycles. The van der Waals surface area contributed by atoms with Crippen LogP contribution in [0.4, 0.5) is 0 Å². The Balaban J connectivity index is 0.00000264. The van der Waals surface area contributed by atoms with Gasteiger partial charge >= 0.3 is 0 Å². The van der Waals surface area contributed by atoms with Crippen LogP contribution in [-0.2, 0) is 20.1 Å². The number of hydrogen-bond donors (Lipinski definition) is 2. The topological polar surface area (TPSA) is 72.1 Å². The minimum atomic E-state index is 0. The molecule has 128 valence electrons. The standard InChI is InChI=1S/C15H25N7.HI/c1-11-14(12(2)21(5)20-11)10-19-15(16-4)18-7-9-22-8-6-17-13(22)3;/h6,8H,7,9-10H2,1-5H3,(H2,16,18,19);1H. The molecule has 0 amide bonds. The zero-order valence-electron chi connectivity index (χ0n) is 14.4. The van der Waals surface area contributed by atoms with Crippen LogP contribution in [0.3, 0.4) is 0 Å². The maximum atomic E-state index is 4.43. The lowest BCUT2D eigenvalue weighted by molar-refractivity contribution is 0.645. The highest BCUT2D eigenvalue weighted by Crippen LogP contribution is 2.10. The van der Waals surface area contributed by atoms with E-state index in [1.807, 2.05) is 38.0 Å². The average molecular weight is 431 g/mol. The van der Waals surface area contributed by atoms with Crippen LogP contribution in [0, 0.1) is 20.8 Å². The Morgan fingerprint density at radius 3 is 2.52 bits per heavy atom. The first kappa shape index (κ1) is 19.5. The summed E-state index contributed by atoms with van der Waals surface area (Å²) in [6.45, 7) is 8.48. The fourth-order valence-electron chi connectivity index (χ4n) is 2.40. The summed E-state index contributed by atoms with van der Waals surface area (Å²) in [6.07, 6.45) is 3.80. The molecule has 0 aliphatic carbocycles. The molecule has 2 heterocycles. The Morgan fingerprint density at radius 1 is 1.26 bits per heavy atom. The van der Waals surface area contributed by atoms with Gasteiger partial charge in [-0.25, -0.2) is 4.98 Å². The fraction of sp³-hybridized carbons (Fsp3) is 0.533. The lowest BCUT2D eigenvalue weighted by Gasteiger charge is -2.13. The van der Waals surface area contributed by atoms with E-state index in [2.05, 4.69) is 37.2 Å². The summed E-state index contributed by atoms with van der Waals surface area (Å²) < 4.78 is 4.01. The lowest BCUT2D eigenvalue weighted by atomic mass is 10.2. The number of rotatable bonds is 5. The van der Waals surface area contributed by atoms with Crippen LogP contribution < -0.4 is 10.6 Å². The summed E-state index contributed by atoms with van der Waals surface area (Å²) in [7, 11) is 3.74. The zero-order chi connectivity index (χ0) is 16.1. The molecular formula is C15H26IN7. The largest absolute Gasteiger partial charge is 0.355 e. The van der Waals surface area contributed by atoms with Gasteiger partial charge in [0.25, 0.3) is 0 Å². The van der Waals surface area contributed by atoms with Gasteiger partial charge in [-0.1, -0.05) is 0 Å². The fourth-order valence-corrected chi connectivity index (χ4v) is 2.40. The SMILES string of the molecule is CN=C(NCCn1ccnc1C)NCc1c(C)nn(C)c1C.I. The molecule has 23 heavy (non-hydrogen) atoms. The van der Waals surface area contributed by atoms with E-state index in [9.17, 15) is 0 Å². The van der Waals surface area contributed by atoms with Crippen molar-refractivity contribution in [1.29, 1.82) is 0 Å². The molecule has 0 radical (unpaired) electrons. The third-order valence-electron chi connectivity index (χ3n) is 3.88. The molecule has 0 saturated carbocycles. The number of imidazole rings is 1. The summed E-state index contributed by atoms with van der Waals surface area (Å²) in [5.74, 6) is 1.81. The molecule has 2 N–H and O–H groups in total. The van der Waals surface area contributed by atoms with Gasteiger partial charge < -0.3 is 15.2 Å². The van der Waals surface area contributed by atoms with Crippen LogP contribution in [0.5, 0.6) is 0 Å². The lowest BCUT2D eigenvalue weighted by Crippen LogP contribution is -2.38. The first-order valence-electron chi connectivity index (χ1n) is 7.44. The van der Waals surface area contributed by atoms with Crippen molar-refractivity contribution in [3.05, 3.63) is 35.2 Å². The highest BCUT2D eigenvalue weighted by molar-refractivity contribution is 14.0. The summed E-state index contributed by atoms with van der Waals surface area (Å²) in [4.78, 5) is 8.47. The molecule has 0 fully saturated rings. The van der Waals surface area contributed by atoms with Crippen molar-refractivity contribution in [3.8, 4) is 0 Å². The third kappa shape index (κ3) is 4.95. The van der Waals surface area contributed by atoms with E-state index in [-0.39, 0.29) is 24.0 Å². The first-order valence-corrected chi connectivity index (χ1v) is 7.44. The van der Waals surface area contributed by atoms with Crippen LogP contribution >= 0.6 is 24.0 Å². The molecule has 7 nitrogen and oxygen atoms in total. The minimum Gasteiger partial charge on any atom is -0.355 e. The van der Waals surface area contributed by atoms with Crippen molar-refractivity contribution in [2.75, 3.05) is 13.6 Å². The summed E-state index contributed by atoms with van der Waals surface area (Å²) in [6, 6.07) is 0. The van der Waals surface area contributed by atoms with Crippen LogP contribution in [0.25, 0.3) is 0 Å². The van der Waals surface area contributed by atoms with Gasteiger partial charge in [-0.15, -0.1) is 24.0 Å². The van der Waals surface area contributed by atoms with Gasteiger partial charge in [0.15, 0.2) is 5.96 Å². The number of nitrogens with one attached hydrogen (secondary N) is 2. The van der Waals surface area contributed by atoms with Crippen LogP contribution in [-0.4, -0.2) is 38.9 Å². The Bertz CT molecular complexity index is 657. The molecule has 0 bridgehead atoms.